The molecule has 0 bridgehead atoms. The van der Waals surface area contributed by atoms with Crippen LogP contribution >= 0.6 is 0 Å². The molecule has 0 N–H and O–H groups in total. The van der Waals surface area contributed by atoms with E-state index in [0.717, 1.165) is 25.9 Å². The summed E-state index contributed by atoms with van der Waals surface area (Å²) in [6, 6.07) is 13.7. The minimum Gasteiger partial charge on any atom is -0.493 e. The lowest BCUT2D eigenvalue weighted by molar-refractivity contribution is -0.120. The van der Waals surface area contributed by atoms with Gasteiger partial charge in [0, 0.05) is 13.1 Å². The van der Waals surface area contributed by atoms with Gasteiger partial charge in [0.2, 0.25) is 0 Å². The number of imide groups is 1. The molecule has 0 saturated carbocycles. The molecule has 0 unspecified atom stereocenters. The standard InChI is InChI=1S/C23H21N3O4/c1-29-18-10-7-16(13-19(18)30-2)20-21(25-11-3-4-12-25)23(28)26(22(20)27)17-8-5-15(14-24)6-9-17/h5-10,13H,3-4,11-12H2,1-2H3. The van der Waals surface area contributed by atoms with Crippen molar-refractivity contribution >= 4 is 23.1 Å². The molecule has 2 amide bonds. The first kappa shape index (κ1) is 19.5. The minimum absolute atomic E-state index is 0.351. The number of amides is 2. The van der Waals surface area contributed by atoms with E-state index >= 15 is 0 Å². The van der Waals surface area contributed by atoms with Gasteiger partial charge in [-0.3, -0.25) is 9.59 Å². The number of methoxy groups -OCH3 is 2. The Kier molecular flexibility index (Phi) is 5.15. The molecule has 4 rings (SSSR count). The molecule has 0 atom stereocenters. The highest BCUT2D eigenvalue weighted by Crippen LogP contribution is 2.38. The fraction of sp³-hybridized carbons (Fsp3) is 0.261. The summed E-state index contributed by atoms with van der Waals surface area (Å²) < 4.78 is 10.7. The number of anilines is 1. The molecule has 1 saturated heterocycles. The van der Waals surface area contributed by atoms with Gasteiger partial charge in [0.25, 0.3) is 11.8 Å². The van der Waals surface area contributed by atoms with E-state index in [9.17, 15) is 9.59 Å². The quantitative estimate of drug-likeness (QED) is 0.714. The van der Waals surface area contributed by atoms with Gasteiger partial charge in [-0.25, -0.2) is 4.90 Å². The highest BCUT2D eigenvalue weighted by Gasteiger charge is 2.43. The van der Waals surface area contributed by atoms with Crippen molar-refractivity contribution in [2.75, 3.05) is 32.2 Å². The van der Waals surface area contributed by atoms with E-state index < -0.39 is 0 Å². The molecule has 0 radical (unpaired) electrons. The summed E-state index contributed by atoms with van der Waals surface area (Å²) in [4.78, 5) is 30.0. The fourth-order valence-electron chi connectivity index (χ4n) is 3.92. The van der Waals surface area contributed by atoms with E-state index in [1.807, 2.05) is 11.0 Å². The summed E-state index contributed by atoms with van der Waals surface area (Å²) in [6.45, 7) is 1.46. The highest BCUT2D eigenvalue weighted by molar-refractivity contribution is 6.45. The van der Waals surface area contributed by atoms with Gasteiger partial charge in [0.05, 0.1) is 37.1 Å². The van der Waals surface area contributed by atoms with Gasteiger partial charge in [0.15, 0.2) is 11.5 Å². The van der Waals surface area contributed by atoms with Crippen LogP contribution in [0.3, 0.4) is 0 Å². The number of hydrogen-bond acceptors (Lipinski definition) is 6. The predicted molar refractivity (Wildman–Crippen MR) is 111 cm³/mol. The Bertz CT molecular complexity index is 1080. The maximum absolute atomic E-state index is 13.5. The van der Waals surface area contributed by atoms with Crippen LogP contribution in [0.25, 0.3) is 5.57 Å². The molecule has 7 nitrogen and oxygen atoms in total. The molecule has 30 heavy (non-hydrogen) atoms. The lowest BCUT2D eigenvalue weighted by Gasteiger charge is -2.20. The topological polar surface area (TPSA) is 82.9 Å². The number of benzene rings is 2. The molecule has 152 valence electrons. The van der Waals surface area contributed by atoms with Crippen LogP contribution in [-0.4, -0.2) is 44.0 Å². The monoisotopic (exact) mass is 403 g/mol. The summed E-state index contributed by atoms with van der Waals surface area (Å²) in [5.41, 5.74) is 2.27. The molecular weight excluding hydrogens is 382 g/mol. The Morgan fingerprint density at radius 1 is 0.900 bits per heavy atom. The zero-order valence-corrected chi connectivity index (χ0v) is 16.8. The molecule has 0 aromatic heterocycles. The molecular formula is C23H21N3O4. The molecule has 2 aromatic rings. The third-order valence-electron chi connectivity index (χ3n) is 5.41. The highest BCUT2D eigenvalue weighted by atomic mass is 16.5. The van der Waals surface area contributed by atoms with Gasteiger partial charge in [-0.05, 0) is 54.8 Å². The van der Waals surface area contributed by atoms with Gasteiger partial charge in [-0.2, -0.15) is 5.26 Å². The summed E-state index contributed by atoms with van der Waals surface area (Å²) in [6.07, 6.45) is 1.95. The number of likely N-dealkylation sites (tertiary alicyclic amines) is 1. The van der Waals surface area contributed by atoms with Crippen LogP contribution < -0.4 is 14.4 Å². The van der Waals surface area contributed by atoms with E-state index in [0.29, 0.717) is 39.6 Å². The third-order valence-corrected chi connectivity index (χ3v) is 5.41. The number of nitriles is 1. The van der Waals surface area contributed by atoms with Crippen molar-refractivity contribution in [3.05, 3.63) is 59.3 Å². The summed E-state index contributed by atoms with van der Waals surface area (Å²) in [5, 5.41) is 9.03. The molecule has 0 spiro atoms. The van der Waals surface area contributed by atoms with Crippen LogP contribution in [0.1, 0.15) is 24.0 Å². The third kappa shape index (κ3) is 3.16. The smallest absolute Gasteiger partial charge is 0.282 e. The van der Waals surface area contributed by atoms with Crippen molar-refractivity contribution in [2.45, 2.75) is 12.8 Å². The molecule has 2 aliphatic heterocycles. The maximum Gasteiger partial charge on any atom is 0.282 e. The number of nitrogens with zero attached hydrogens (tertiary/aromatic N) is 3. The Morgan fingerprint density at radius 2 is 1.57 bits per heavy atom. The van der Waals surface area contributed by atoms with Crippen molar-refractivity contribution in [3.63, 3.8) is 0 Å². The fourth-order valence-corrected chi connectivity index (χ4v) is 3.92. The Hall–Kier alpha value is -3.79. The van der Waals surface area contributed by atoms with Gasteiger partial charge in [0.1, 0.15) is 5.70 Å². The lowest BCUT2D eigenvalue weighted by Crippen LogP contribution is -2.34. The second-order valence-corrected chi connectivity index (χ2v) is 7.09. The van der Waals surface area contributed by atoms with Gasteiger partial charge in [-0.15, -0.1) is 0 Å². The van der Waals surface area contributed by atoms with E-state index in [1.54, 1.807) is 49.6 Å². The number of hydrogen-bond donors (Lipinski definition) is 0. The average Bonchev–Trinajstić information content (AvgIpc) is 3.39. The molecule has 1 fully saturated rings. The van der Waals surface area contributed by atoms with Crippen LogP contribution in [-0.2, 0) is 9.59 Å². The van der Waals surface area contributed by atoms with Gasteiger partial charge >= 0.3 is 0 Å². The predicted octanol–water partition coefficient (Wildman–Crippen LogP) is 2.96. The summed E-state index contributed by atoms with van der Waals surface area (Å²) >= 11 is 0. The van der Waals surface area contributed by atoms with Crippen LogP contribution in [0.4, 0.5) is 5.69 Å². The molecule has 2 heterocycles. The first-order valence-corrected chi connectivity index (χ1v) is 9.69. The SMILES string of the molecule is COc1ccc(C2=C(N3CCCC3)C(=O)N(c3ccc(C#N)cc3)C2=O)cc1OC. The van der Waals surface area contributed by atoms with Gasteiger partial charge in [-0.1, -0.05) is 6.07 Å². The average molecular weight is 403 g/mol. The first-order chi connectivity index (χ1) is 14.6. The summed E-state index contributed by atoms with van der Waals surface area (Å²) in [7, 11) is 3.07. The van der Waals surface area contributed by atoms with Crippen molar-refractivity contribution in [1.29, 1.82) is 5.26 Å². The molecule has 2 aromatic carbocycles. The number of carbonyl (C=O) groups excluding carboxylic acids is 2. The van der Waals surface area contributed by atoms with E-state index in [-0.39, 0.29) is 11.8 Å². The van der Waals surface area contributed by atoms with E-state index in [1.165, 1.54) is 12.0 Å². The number of rotatable bonds is 5. The van der Waals surface area contributed by atoms with Crippen LogP contribution in [0.2, 0.25) is 0 Å². The van der Waals surface area contributed by atoms with Crippen molar-refractivity contribution in [1.82, 2.24) is 4.90 Å². The van der Waals surface area contributed by atoms with Crippen LogP contribution in [0.5, 0.6) is 11.5 Å². The molecule has 2 aliphatic rings. The first-order valence-electron chi connectivity index (χ1n) is 9.69. The van der Waals surface area contributed by atoms with Crippen LogP contribution in [0.15, 0.2) is 48.2 Å². The Morgan fingerprint density at radius 3 is 2.17 bits per heavy atom. The van der Waals surface area contributed by atoms with E-state index in [4.69, 9.17) is 14.7 Å². The van der Waals surface area contributed by atoms with Gasteiger partial charge < -0.3 is 14.4 Å². The Balaban J connectivity index is 1.83. The Labute approximate surface area is 174 Å². The zero-order chi connectivity index (χ0) is 21.3. The molecule has 7 heteroatoms. The lowest BCUT2D eigenvalue weighted by atomic mass is 10.0. The second-order valence-electron chi connectivity index (χ2n) is 7.09. The number of ether oxygens (including phenoxy) is 2. The van der Waals surface area contributed by atoms with Crippen molar-refractivity contribution in [2.24, 2.45) is 0 Å². The van der Waals surface area contributed by atoms with Crippen molar-refractivity contribution in [3.8, 4) is 17.6 Å². The van der Waals surface area contributed by atoms with Crippen molar-refractivity contribution < 1.29 is 19.1 Å². The summed E-state index contributed by atoms with van der Waals surface area (Å²) in [5.74, 6) is 0.292. The van der Waals surface area contributed by atoms with E-state index in [2.05, 4.69) is 0 Å². The largest absolute Gasteiger partial charge is 0.493 e. The molecule has 0 aliphatic carbocycles. The normalized spacial score (nSPS) is 16.3. The minimum atomic E-state index is -0.390. The number of carbonyl (C=O) groups is 2. The van der Waals surface area contributed by atoms with Crippen LogP contribution in [0, 0.1) is 11.3 Å². The second kappa shape index (κ2) is 7.91. The maximum atomic E-state index is 13.5. The zero-order valence-electron chi connectivity index (χ0n) is 16.8.